The van der Waals surface area contributed by atoms with Crippen molar-refractivity contribution in [1.82, 2.24) is 0 Å². The summed E-state index contributed by atoms with van der Waals surface area (Å²) in [6.45, 7) is 0. The molecule has 17 heavy (non-hydrogen) atoms. The first-order valence-corrected chi connectivity index (χ1v) is 7.58. The van der Waals surface area contributed by atoms with Crippen LogP contribution in [-0.2, 0) is 0 Å². The minimum atomic E-state index is 0.151. The molecule has 1 fully saturated rings. The van der Waals surface area contributed by atoms with E-state index < -0.39 is 0 Å². The molecule has 0 bridgehead atoms. The number of benzene rings is 2. The van der Waals surface area contributed by atoms with Crippen LogP contribution in [0.25, 0.3) is 10.8 Å². The fourth-order valence-corrected chi connectivity index (χ4v) is 4.32. The molecule has 1 nitrogen and oxygen atoms in total. The molecule has 4 heteroatoms. The molecule has 1 unspecified atom stereocenters. The van der Waals surface area contributed by atoms with E-state index in [0.717, 1.165) is 15.0 Å². The molecule has 1 atom stereocenters. The van der Waals surface area contributed by atoms with Crippen LogP contribution in [0.1, 0.15) is 0 Å². The fraction of sp³-hybridized carbons (Fsp3) is 0.154. The van der Waals surface area contributed by atoms with E-state index in [4.69, 9.17) is 17.0 Å². The molecular formula is C13H10OS3. The highest BCUT2D eigenvalue weighted by atomic mass is 32.2. The van der Waals surface area contributed by atoms with Gasteiger partial charge in [0.25, 0.3) is 0 Å². The number of thioether (sulfide) groups is 2. The van der Waals surface area contributed by atoms with Gasteiger partial charge in [-0.3, -0.25) is 0 Å². The van der Waals surface area contributed by atoms with Crippen molar-refractivity contribution in [2.45, 2.75) is 5.44 Å². The summed E-state index contributed by atoms with van der Waals surface area (Å²) in [5.41, 5.74) is 0.151. The van der Waals surface area contributed by atoms with Gasteiger partial charge in [0.05, 0.1) is 0 Å². The Bertz CT molecular complexity index is 562. The maximum atomic E-state index is 6.01. The van der Waals surface area contributed by atoms with Gasteiger partial charge in [0.15, 0.2) is 5.44 Å². The van der Waals surface area contributed by atoms with Crippen LogP contribution in [0.15, 0.2) is 42.5 Å². The SMILES string of the molecule is S=C1SCC(Oc2cccc3ccccc23)S1. The normalized spacial score (nSPS) is 19.8. The van der Waals surface area contributed by atoms with Gasteiger partial charge in [-0.05, 0) is 11.5 Å². The molecule has 0 N–H and O–H groups in total. The van der Waals surface area contributed by atoms with Crippen LogP contribution in [0.2, 0.25) is 0 Å². The highest BCUT2D eigenvalue weighted by Gasteiger charge is 2.23. The van der Waals surface area contributed by atoms with Crippen molar-refractivity contribution in [3.63, 3.8) is 0 Å². The number of thiocarbonyl (C=S) groups is 1. The predicted octanol–water partition coefficient (Wildman–Crippen LogP) is 4.31. The van der Waals surface area contributed by atoms with E-state index in [1.165, 1.54) is 10.8 Å². The van der Waals surface area contributed by atoms with Crippen LogP contribution in [-0.4, -0.2) is 14.7 Å². The van der Waals surface area contributed by atoms with Gasteiger partial charge in [0.2, 0.25) is 0 Å². The minimum Gasteiger partial charge on any atom is -0.478 e. The molecule has 86 valence electrons. The van der Waals surface area contributed by atoms with Gasteiger partial charge in [-0.25, -0.2) is 0 Å². The summed E-state index contributed by atoms with van der Waals surface area (Å²) < 4.78 is 7.00. The molecule has 0 aromatic heterocycles. The van der Waals surface area contributed by atoms with Crippen molar-refractivity contribution < 1.29 is 4.74 Å². The quantitative estimate of drug-likeness (QED) is 0.757. The molecule has 1 aliphatic rings. The maximum Gasteiger partial charge on any atom is 0.159 e. The Morgan fingerprint density at radius 1 is 1.12 bits per heavy atom. The minimum absolute atomic E-state index is 0.151. The fourth-order valence-electron chi connectivity index (χ4n) is 1.81. The Balaban J connectivity index is 1.92. The first-order chi connectivity index (χ1) is 8.33. The Labute approximate surface area is 114 Å². The monoisotopic (exact) mass is 278 g/mol. The highest BCUT2D eigenvalue weighted by molar-refractivity contribution is 8.49. The third-order valence-corrected chi connectivity index (χ3v) is 5.49. The third kappa shape index (κ3) is 2.44. The molecule has 1 saturated heterocycles. The van der Waals surface area contributed by atoms with Crippen molar-refractivity contribution >= 4 is 50.0 Å². The summed E-state index contributed by atoms with van der Waals surface area (Å²) in [7, 11) is 0. The van der Waals surface area contributed by atoms with Gasteiger partial charge in [-0.2, -0.15) is 0 Å². The first-order valence-electron chi connectivity index (χ1n) is 5.31. The molecule has 1 heterocycles. The van der Waals surface area contributed by atoms with Crippen molar-refractivity contribution in [2.75, 3.05) is 5.75 Å². The Morgan fingerprint density at radius 2 is 1.94 bits per heavy atom. The highest BCUT2D eigenvalue weighted by Crippen LogP contribution is 2.36. The summed E-state index contributed by atoms with van der Waals surface area (Å²) in [6, 6.07) is 14.4. The molecule has 0 aliphatic carbocycles. The zero-order valence-electron chi connectivity index (χ0n) is 8.96. The topological polar surface area (TPSA) is 9.23 Å². The summed E-state index contributed by atoms with van der Waals surface area (Å²) >= 11 is 8.49. The van der Waals surface area contributed by atoms with Crippen molar-refractivity contribution in [2.24, 2.45) is 0 Å². The smallest absolute Gasteiger partial charge is 0.159 e. The standard InChI is InChI=1S/C13H10OS3/c15-13-16-8-12(17-13)14-11-7-3-5-9-4-1-2-6-10(9)11/h1-7,12H,8H2. The van der Waals surface area contributed by atoms with Crippen LogP contribution >= 0.6 is 35.7 Å². The second-order valence-corrected chi connectivity index (χ2v) is 7.09. The zero-order valence-corrected chi connectivity index (χ0v) is 11.4. The number of fused-ring (bicyclic) bond motifs is 1. The second kappa shape index (κ2) is 4.88. The lowest BCUT2D eigenvalue weighted by molar-refractivity contribution is 0.318. The van der Waals surface area contributed by atoms with E-state index in [2.05, 4.69) is 18.2 Å². The Morgan fingerprint density at radius 3 is 2.76 bits per heavy atom. The zero-order chi connectivity index (χ0) is 11.7. The van der Waals surface area contributed by atoms with Gasteiger partial charge in [0, 0.05) is 11.1 Å². The summed E-state index contributed by atoms with van der Waals surface area (Å²) in [4.78, 5) is 0. The first kappa shape index (κ1) is 11.4. The Hall–Kier alpha value is -0.710. The van der Waals surface area contributed by atoms with E-state index in [1.807, 2.05) is 24.3 Å². The van der Waals surface area contributed by atoms with Crippen molar-refractivity contribution in [3.8, 4) is 5.75 Å². The lowest BCUT2D eigenvalue weighted by Gasteiger charge is -2.13. The molecule has 0 radical (unpaired) electrons. The van der Waals surface area contributed by atoms with Crippen LogP contribution in [0, 0.1) is 0 Å². The molecule has 0 amide bonds. The lowest BCUT2D eigenvalue weighted by Crippen LogP contribution is -2.10. The summed E-state index contributed by atoms with van der Waals surface area (Å²) in [5, 5.41) is 2.38. The van der Waals surface area contributed by atoms with Crippen molar-refractivity contribution in [3.05, 3.63) is 42.5 Å². The number of hydrogen-bond acceptors (Lipinski definition) is 4. The van der Waals surface area contributed by atoms with Gasteiger partial charge in [0.1, 0.15) is 9.28 Å². The summed E-state index contributed by atoms with van der Waals surface area (Å²) in [6.07, 6.45) is 0. The van der Waals surface area contributed by atoms with Crippen molar-refractivity contribution in [1.29, 1.82) is 0 Å². The van der Waals surface area contributed by atoms with E-state index >= 15 is 0 Å². The van der Waals surface area contributed by atoms with E-state index in [9.17, 15) is 0 Å². The van der Waals surface area contributed by atoms with Crippen LogP contribution in [0.5, 0.6) is 5.75 Å². The molecule has 2 aromatic rings. The molecule has 1 aliphatic heterocycles. The van der Waals surface area contributed by atoms with E-state index in [1.54, 1.807) is 23.5 Å². The third-order valence-electron chi connectivity index (χ3n) is 2.57. The molecule has 2 aromatic carbocycles. The maximum absolute atomic E-state index is 6.01. The van der Waals surface area contributed by atoms with Gasteiger partial charge in [-0.15, -0.1) is 11.8 Å². The van der Waals surface area contributed by atoms with E-state index in [-0.39, 0.29) is 5.44 Å². The van der Waals surface area contributed by atoms with Gasteiger partial charge >= 0.3 is 0 Å². The average Bonchev–Trinajstić information content (AvgIpc) is 2.75. The van der Waals surface area contributed by atoms with E-state index in [0.29, 0.717) is 0 Å². The number of hydrogen-bond donors (Lipinski definition) is 0. The lowest BCUT2D eigenvalue weighted by atomic mass is 10.1. The molecule has 0 spiro atoms. The second-order valence-electron chi connectivity index (χ2n) is 3.70. The molecular weight excluding hydrogens is 268 g/mol. The van der Waals surface area contributed by atoms with Gasteiger partial charge < -0.3 is 4.74 Å². The van der Waals surface area contributed by atoms with Crippen LogP contribution in [0.3, 0.4) is 0 Å². The van der Waals surface area contributed by atoms with Crippen LogP contribution < -0.4 is 4.74 Å². The number of ether oxygens (including phenoxy) is 1. The summed E-state index contributed by atoms with van der Waals surface area (Å²) in [5.74, 6) is 1.89. The van der Waals surface area contributed by atoms with Gasteiger partial charge in [-0.1, -0.05) is 60.4 Å². The average molecular weight is 278 g/mol. The molecule has 3 rings (SSSR count). The predicted molar refractivity (Wildman–Crippen MR) is 81.0 cm³/mol. The molecule has 0 saturated carbocycles. The Kier molecular flexibility index (Phi) is 3.27. The number of rotatable bonds is 2. The largest absolute Gasteiger partial charge is 0.478 e. The van der Waals surface area contributed by atoms with Crippen LogP contribution in [0.4, 0.5) is 0 Å².